The number of aromatic nitrogens is 1. The number of carbonyl (C=O) groups is 1. The van der Waals surface area contributed by atoms with Crippen LogP contribution in [0.25, 0.3) is 5.69 Å². The van der Waals surface area contributed by atoms with Gasteiger partial charge in [-0.3, -0.25) is 4.99 Å². The average molecular weight is 374 g/mol. The normalized spacial score (nSPS) is 11.2. The van der Waals surface area contributed by atoms with Crippen molar-refractivity contribution in [2.24, 2.45) is 4.99 Å². The first-order valence-electron chi connectivity index (χ1n) is 9.48. The summed E-state index contributed by atoms with van der Waals surface area (Å²) in [6, 6.07) is 15.8. The van der Waals surface area contributed by atoms with Crippen LogP contribution in [0.15, 0.2) is 53.5 Å². The molecule has 144 valence electrons. The summed E-state index contributed by atoms with van der Waals surface area (Å²) in [6.07, 6.45) is 1.85. The van der Waals surface area contributed by atoms with Gasteiger partial charge in [-0.25, -0.2) is 4.79 Å². The lowest BCUT2D eigenvalue weighted by Crippen LogP contribution is -2.03. The number of hydrogen-bond acceptors (Lipinski definition) is 3. The zero-order valence-corrected chi connectivity index (χ0v) is 17.1. The van der Waals surface area contributed by atoms with Gasteiger partial charge < -0.3 is 9.30 Å². The van der Waals surface area contributed by atoms with Gasteiger partial charge >= 0.3 is 5.97 Å². The van der Waals surface area contributed by atoms with Crippen LogP contribution in [0.1, 0.15) is 45.4 Å². The molecule has 0 aliphatic rings. The minimum absolute atomic E-state index is 0.326. The molecule has 0 atom stereocenters. The van der Waals surface area contributed by atoms with Crippen molar-refractivity contribution >= 4 is 17.9 Å². The van der Waals surface area contributed by atoms with Crippen LogP contribution < -0.4 is 0 Å². The Kier molecular flexibility index (Phi) is 5.78. The van der Waals surface area contributed by atoms with Gasteiger partial charge in [0.1, 0.15) is 0 Å². The van der Waals surface area contributed by atoms with Crippen molar-refractivity contribution < 1.29 is 9.53 Å². The number of benzene rings is 2. The topological polar surface area (TPSA) is 43.6 Å². The van der Waals surface area contributed by atoms with E-state index < -0.39 is 0 Å². The number of hydrogen-bond donors (Lipinski definition) is 0. The first kappa shape index (κ1) is 19.6. The number of carbonyl (C=O) groups excluding carboxylic acids is 1. The van der Waals surface area contributed by atoms with Gasteiger partial charge in [-0.15, -0.1) is 0 Å². The summed E-state index contributed by atoms with van der Waals surface area (Å²) in [5.41, 5.74) is 8.29. The Morgan fingerprint density at radius 3 is 2.54 bits per heavy atom. The second kappa shape index (κ2) is 8.26. The summed E-state index contributed by atoms with van der Waals surface area (Å²) in [5.74, 6) is -0.326. The van der Waals surface area contributed by atoms with Crippen molar-refractivity contribution in [3.63, 3.8) is 0 Å². The van der Waals surface area contributed by atoms with Gasteiger partial charge in [0.05, 0.1) is 17.9 Å². The predicted molar refractivity (Wildman–Crippen MR) is 114 cm³/mol. The van der Waals surface area contributed by atoms with Crippen LogP contribution in [0.2, 0.25) is 0 Å². The fourth-order valence-corrected chi connectivity index (χ4v) is 3.25. The predicted octanol–water partition coefficient (Wildman–Crippen LogP) is 5.64. The molecule has 4 heteroatoms. The van der Waals surface area contributed by atoms with Crippen molar-refractivity contribution in [3.05, 3.63) is 82.2 Å². The second-order valence-corrected chi connectivity index (χ2v) is 6.96. The van der Waals surface area contributed by atoms with Crippen molar-refractivity contribution in [3.8, 4) is 5.69 Å². The fraction of sp³-hybridized carbons (Fsp3) is 0.250. The van der Waals surface area contributed by atoms with E-state index >= 15 is 0 Å². The monoisotopic (exact) mass is 374 g/mol. The largest absolute Gasteiger partial charge is 0.462 e. The number of ether oxygens (including phenoxy) is 1. The quantitative estimate of drug-likeness (QED) is 0.428. The van der Waals surface area contributed by atoms with Gasteiger partial charge in [0.2, 0.25) is 0 Å². The molecule has 0 saturated heterocycles. The molecular formula is C24H26N2O2. The first-order valence-corrected chi connectivity index (χ1v) is 9.48. The lowest BCUT2D eigenvalue weighted by molar-refractivity contribution is 0.0526. The Hall–Kier alpha value is -3.14. The van der Waals surface area contributed by atoms with Crippen LogP contribution in [-0.2, 0) is 4.74 Å². The maximum atomic E-state index is 11.9. The summed E-state index contributed by atoms with van der Waals surface area (Å²) in [6.45, 7) is 10.6. The van der Waals surface area contributed by atoms with E-state index in [1.807, 2.05) is 18.3 Å². The molecule has 1 aromatic heterocycles. The Morgan fingerprint density at radius 1 is 1.04 bits per heavy atom. The molecule has 4 nitrogen and oxygen atoms in total. The Bertz CT molecular complexity index is 1040. The third-order valence-electron chi connectivity index (χ3n) is 4.93. The zero-order valence-electron chi connectivity index (χ0n) is 17.1. The van der Waals surface area contributed by atoms with E-state index in [4.69, 9.17) is 4.74 Å². The minimum atomic E-state index is -0.326. The third-order valence-corrected chi connectivity index (χ3v) is 4.93. The summed E-state index contributed by atoms with van der Waals surface area (Å²) in [7, 11) is 0. The van der Waals surface area contributed by atoms with Crippen LogP contribution in [0.3, 0.4) is 0 Å². The van der Waals surface area contributed by atoms with Crippen molar-refractivity contribution in [1.29, 1.82) is 0 Å². The second-order valence-electron chi connectivity index (χ2n) is 6.96. The Balaban J connectivity index is 1.91. The molecule has 0 spiro atoms. The molecule has 0 aliphatic heterocycles. The summed E-state index contributed by atoms with van der Waals surface area (Å²) in [4.78, 5) is 16.5. The van der Waals surface area contributed by atoms with E-state index in [-0.39, 0.29) is 5.97 Å². The number of rotatable bonds is 5. The molecule has 0 bridgehead atoms. The molecule has 3 rings (SSSR count). The highest BCUT2D eigenvalue weighted by atomic mass is 16.5. The summed E-state index contributed by atoms with van der Waals surface area (Å²) in [5, 5.41) is 0. The summed E-state index contributed by atoms with van der Waals surface area (Å²) >= 11 is 0. The molecule has 0 radical (unpaired) electrons. The molecule has 0 aliphatic carbocycles. The van der Waals surface area contributed by atoms with E-state index in [0.29, 0.717) is 12.2 Å². The minimum Gasteiger partial charge on any atom is -0.462 e. The Labute approximate surface area is 166 Å². The maximum absolute atomic E-state index is 11.9. The lowest BCUT2D eigenvalue weighted by Gasteiger charge is -2.11. The molecule has 0 amide bonds. The van der Waals surface area contributed by atoms with E-state index in [9.17, 15) is 4.79 Å². The van der Waals surface area contributed by atoms with E-state index in [2.05, 4.69) is 61.5 Å². The summed E-state index contributed by atoms with van der Waals surface area (Å²) < 4.78 is 7.30. The molecule has 0 fully saturated rings. The number of esters is 1. The first-order chi connectivity index (χ1) is 13.4. The van der Waals surface area contributed by atoms with Crippen molar-refractivity contribution in [1.82, 2.24) is 4.57 Å². The van der Waals surface area contributed by atoms with Crippen molar-refractivity contribution in [2.45, 2.75) is 34.6 Å². The van der Waals surface area contributed by atoms with E-state index in [0.717, 1.165) is 28.3 Å². The lowest BCUT2D eigenvalue weighted by atomic mass is 10.1. The van der Waals surface area contributed by atoms with Crippen LogP contribution in [0, 0.1) is 27.7 Å². The third kappa shape index (κ3) is 4.06. The molecule has 0 saturated carbocycles. The highest BCUT2D eigenvalue weighted by Gasteiger charge is 2.10. The van der Waals surface area contributed by atoms with Crippen LogP contribution in [-0.4, -0.2) is 23.4 Å². The molecule has 3 aromatic rings. The smallest absolute Gasteiger partial charge is 0.338 e. The number of aryl methyl sites for hydroxylation is 3. The molecule has 0 N–H and O–H groups in total. The van der Waals surface area contributed by atoms with Gasteiger partial charge in [0.25, 0.3) is 0 Å². The maximum Gasteiger partial charge on any atom is 0.338 e. The van der Waals surface area contributed by atoms with Crippen molar-refractivity contribution in [2.75, 3.05) is 6.61 Å². The SMILES string of the molecule is CCOC(=O)c1cccc(N=Cc2cc(C)n(-c3ccc(C)c(C)c3)c2C)c1. The molecule has 1 heterocycles. The zero-order chi connectivity index (χ0) is 20.3. The Morgan fingerprint density at radius 2 is 1.82 bits per heavy atom. The van der Waals surface area contributed by atoms with E-state index in [1.54, 1.807) is 19.1 Å². The molecular weight excluding hydrogens is 348 g/mol. The van der Waals surface area contributed by atoms with Gasteiger partial charge in [0.15, 0.2) is 0 Å². The van der Waals surface area contributed by atoms with Gasteiger partial charge in [-0.2, -0.15) is 0 Å². The van der Waals surface area contributed by atoms with E-state index in [1.165, 1.54) is 11.1 Å². The van der Waals surface area contributed by atoms with Gasteiger partial charge in [-0.1, -0.05) is 12.1 Å². The molecule has 2 aromatic carbocycles. The average Bonchev–Trinajstić information content (AvgIpc) is 2.96. The fourth-order valence-electron chi connectivity index (χ4n) is 3.25. The van der Waals surface area contributed by atoms with Crippen LogP contribution in [0.4, 0.5) is 5.69 Å². The van der Waals surface area contributed by atoms with Gasteiger partial charge in [0, 0.05) is 28.9 Å². The highest BCUT2D eigenvalue weighted by Crippen LogP contribution is 2.23. The standard InChI is InChI=1S/C24H26N2O2/c1-6-28-24(27)20-8-7-9-22(14-20)25-15-21-13-18(4)26(19(21)5)23-11-10-16(2)17(3)12-23/h7-15H,6H2,1-5H3. The van der Waals surface area contributed by atoms with Crippen LogP contribution in [0.5, 0.6) is 0 Å². The van der Waals surface area contributed by atoms with Gasteiger partial charge in [-0.05, 0) is 82.1 Å². The molecule has 28 heavy (non-hydrogen) atoms. The highest BCUT2D eigenvalue weighted by molar-refractivity contribution is 5.91. The number of nitrogens with zero attached hydrogens (tertiary/aromatic N) is 2. The number of aliphatic imine (C=N–C) groups is 1. The molecule has 0 unspecified atom stereocenters. The van der Waals surface area contributed by atoms with Crippen LogP contribution >= 0.6 is 0 Å².